The summed E-state index contributed by atoms with van der Waals surface area (Å²) in [6, 6.07) is 9.65. The van der Waals surface area contributed by atoms with Crippen LogP contribution in [0.1, 0.15) is 12.5 Å². The van der Waals surface area contributed by atoms with Gasteiger partial charge in [0.2, 0.25) is 0 Å². The van der Waals surface area contributed by atoms with Crippen molar-refractivity contribution in [1.29, 1.82) is 0 Å². The molecule has 0 saturated heterocycles. The molecule has 0 aliphatic rings. The average Bonchev–Trinajstić information content (AvgIpc) is 2.06. The van der Waals surface area contributed by atoms with E-state index in [0.29, 0.717) is 6.42 Å². The van der Waals surface area contributed by atoms with E-state index in [-0.39, 0.29) is 43.7 Å². The zero-order chi connectivity index (χ0) is 8.97. The zero-order valence-corrected chi connectivity index (χ0v) is 7.03. The molecule has 0 aliphatic heterocycles. The molecular weight excluding hydrogens is 192 g/mol. The van der Waals surface area contributed by atoms with Gasteiger partial charge in [0.05, 0.1) is 5.92 Å². The Labute approximate surface area is 108 Å². The summed E-state index contributed by atoms with van der Waals surface area (Å²) in [5, 5.41) is 8.64. The molecule has 0 amide bonds. The third-order valence-electron chi connectivity index (χ3n) is 1.81. The van der Waals surface area contributed by atoms with E-state index in [1.165, 1.54) is 0 Å². The van der Waals surface area contributed by atoms with Crippen LogP contribution >= 0.6 is 0 Å². The fraction of sp³-hybridized carbons (Fsp3) is 0.300. The van der Waals surface area contributed by atoms with E-state index in [1.807, 2.05) is 30.3 Å². The molecule has 13 heavy (non-hydrogen) atoms. The number of carbonyl (C=O) groups is 1. The Balaban J connectivity index is 0.00000144. The normalized spacial score (nSPS) is 11.5. The second-order valence-electron chi connectivity index (χ2n) is 2.93. The average molecular weight is 206 g/mol. The molecule has 1 aromatic carbocycles. The van der Waals surface area contributed by atoms with Gasteiger partial charge < -0.3 is 5.11 Å². The Morgan fingerprint density at radius 2 is 1.92 bits per heavy atom. The first kappa shape index (κ1) is 12.9. The van der Waals surface area contributed by atoms with Gasteiger partial charge in [-0.05, 0) is 12.0 Å². The summed E-state index contributed by atoms with van der Waals surface area (Å²) in [4.78, 5) is 10.5. The van der Waals surface area contributed by atoms with Crippen molar-refractivity contribution >= 4 is 43.7 Å². The molecular formula is C10H14CaO2. The molecule has 1 unspecified atom stereocenters. The Hall–Kier alpha value is -0.0503. The van der Waals surface area contributed by atoms with Crippen LogP contribution < -0.4 is 0 Å². The Morgan fingerprint density at radius 1 is 1.38 bits per heavy atom. The van der Waals surface area contributed by atoms with Crippen molar-refractivity contribution in [3.05, 3.63) is 35.9 Å². The first-order valence-corrected chi connectivity index (χ1v) is 3.97. The van der Waals surface area contributed by atoms with Crippen LogP contribution in [-0.4, -0.2) is 48.8 Å². The number of rotatable bonds is 3. The Morgan fingerprint density at radius 3 is 2.38 bits per heavy atom. The summed E-state index contributed by atoms with van der Waals surface area (Å²) >= 11 is 0. The van der Waals surface area contributed by atoms with Crippen molar-refractivity contribution in [1.82, 2.24) is 0 Å². The van der Waals surface area contributed by atoms with Gasteiger partial charge in [-0.3, -0.25) is 4.79 Å². The quantitative estimate of drug-likeness (QED) is 0.750. The molecule has 1 atom stereocenters. The molecule has 0 heterocycles. The topological polar surface area (TPSA) is 37.3 Å². The van der Waals surface area contributed by atoms with Crippen LogP contribution in [0.2, 0.25) is 0 Å². The van der Waals surface area contributed by atoms with Crippen molar-refractivity contribution in [3.63, 3.8) is 0 Å². The summed E-state index contributed by atoms with van der Waals surface area (Å²) < 4.78 is 0. The fourth-order valence-electron chi connectivity index (χ4n) is 1.05. The molecule has 0 fully saturated rings. The van der Waals surface area contributed by atoms with Gasteiger partial charge in [-0.1, -0.05) is 37.3 Å². The standard InChI is InChI=1S/C10H12O2.Ca.2H/c1-8(10(11)12)7-9-5-3-2-4-6-9;;;/h2-6,8H,7H2,1H3,(H,11,12);;;. The number of hydrogen-bond acceptors (Lipinski definition) is 1. The maximum atomic E-state index is 10.5. The van der Waals surface area contributed by atoms with Crippen LogP contribution in [0.4, 0.5) is 0 Å². The monoisotopic (exact) mass is 206 g/mol. The van der Waals surface area contributed by atoms with Gasteiger partial charge in [-0.25, -0.2) is 0 Å². The minimum atomic E-state index is -0.737. The summed E-state index contributed by atoms with van der Waals surface area (Å²) in [7, 11) is 0. The van der Waals surface area contributed by atoms with Gasteiger partial charge in [0.15, 0.2) is 0 Å². The molecule has 0 aliphatic carbocycles. The maximum absolute atomic E-state index is 10.5. The van der Waals surface area contributed by atoms with Crippen molar-refractivity contribution in [2.45, 2.75) is 13.3 Å². The Bertz CT molecular complexity index is 259. The molecule has 1 rings (SSSR count). The Kier molecular flexibility index (Phi) is 6.39. The van der Waals surface area contributed by atoms with Crippen LogP contribution in [0.5, 0.6) is 0 Å². The van der Waals surface area contributed by atoms with E-state index in [0.717, 1.165) is 5.56 Å². The zero-order valence-electron chi connectivity index (χ0n) is 7.03. The van der Waals surface area contributed by atoms with E-state index in [1.54, 1.807) is 6.92 Å². The van der Waals surface area contributed by atoms with Gasteiger partial charge >= 0.3 is 43.7 Å². The molecule has 0 radical (unpaired) electrons. The SMILES string of the molecule is CC(Cc1ccccc1)C(=O)O.[CaH2]. The number of carboxylic acid groups (broad SMARTS) is 1. The first-order valence-electron chi connectivity index (χ1n) is 3.97. The summed E-state index contributed by atoms with van der Waals surface area (Å²) in [5.74, 6) is -1.04. The van der Waals surface area contributed by atoms with Crippen molar-refractivity contribution < 1.29 is 9.90 Å². The van der Waals surface area contributed by atoms with Crippen molar-refractivity contribution in [2.75, 3.05) is 0 Å². The van der Waals surface area contributed by atoms with Crippen molar-refractivity contribution in [2.24, 2.45) is 5.92 Å². The van der Waals surface area contributed by atoms with Crippen molar-refractivity contribution in [3.8, 4) is 0 Å². The second kappa shape index (κ2) is 6.41. The van der Waals surface area contributed by atoms with E-state index in [4.69, 9.17) is 5.11 Å². The molecule has 2 nitrogen and oxygen atoms in total. The number of aliphatic carboxylic acids is 1. The molecule has 0 spiro atoms. The number of carboxylic acids is 1. The van der Waals surface area contributed by atoms with E-state index in [9.17, 15) is 4.79 Å². The van der Waals surface area contributed by atoms with Crippen LogP contribution in [0.3, 0.4) is 0 Å². The van der Waals surface area contributed by atoms with Crippen LogP contribution in [0.25, 0.3) is 0 Å². The summed E-state index contributed by atoms with van der Waals surface area (Å²) in [5.41, 5.74) is 1.08. The molecule has 68 valence electrons. The van der Waals surface area contributed by atoms with Crippen LogP contribution in [-0.2, 0) is 11.2 Å². The minimum absolute atomic E-state index is 0. The van der Waals surface area contributed by atoms with E-state index in [2.05, 4.69) is 0 Å². The first-order chi connectivity index (χ1) is 5.70. The van der Waals surface area contributed by atoms with Gasteiger partial charge in [-0.2, -0.15) is 0 Å². The van der Waals surface area contributed by atoms with Gasteiger partial charge in [0, 0.05) is 0 Å². The molecule has 1 aromatic rings. The predicted molar refractivity (Wildman–Crippen MR) is 55.5 cm³/mol. The molecule has 0 saturated carbocycles. The second-order valence-corrected chi connectivity index (χ2v) is 2.93. The summed E-state index contributed by atoms with van der Waals surface area (Å²) in [6.45, 7) is 1.72. The van der Waals surface area contributed by atoms with E-state index >= 15 is 0 Å². The third-order valence-corrected chi connectivity index (χ3v) is 1.81. The van der Waals surface area contributed by atoms with Gasteiger partial charge in [0.1, 0.15) is 0 Å². The third kappa shape index (κ3) is 4.65. The van der Waals surface area contributed by atoms with Crippen LogP contribution in [0, 0.1) is 5.92 Å². The number of hydrogen-bond donors (Lipinski definition) is 1. The van der Waals surface area contributed by atoms with Gasteiger partial charge in [0.25, 0.3) is 0 Å². The summed E-state index contributed by atoms with van der Waals surface area (Å²) in [6.07, 6.45) is 0.607. The fourth-order valence-corrected chi connectivity index (χ4v) is 1.05. The predicted octanol–water partition coefficient (Wildman–Crippen LogP) is 1.03. The van der Waals surface area contributed by atoms with Gasteiger partial charge in [-0.15, -0.1) is 0 Å². The molecule has 3 heteroatoms. The molecule has 0 aromatic heterocycles. The van der Waals surface area contributed by atoms with E-state index < -0.39 is 5.97 Å². The molecule has 0 bridgehead atoms. The molecule has 1 N–H and O–H groups in total. The van der Waals surface area contributed by atoms with Crippen LogP contribution in [0.15, 0.2) is 30.3 Å². The number of benzene rings is 1.